The molecule has 0 amide bonds. The van der Waals surface area contributed by atoms with Crippen LogP contribution < -0.4 is 15.8 Å². The summed E-state index contributed by atoms with van der Waals surface area (Å²) < 4.78 is 34.3. The van der Waals surface area contributed by atoms with Crippen molar-refractivity contribution in [2.45, 2.75) is 25.7 Å². The van der Waals surface area contributed by atoms with Crippen LogP contribution in [0.1, 0.15) is 30.0 Å². The normalized spacial score (nSPS) is 13.1. The van der Waals surface area contributed by atoms with E-state index in [1.165, 1.54) is 47.0 Å². The van der Waals surface area contributed by atoms with Gasteiger partial charge in [0.25, 0.3) is 0 Å². The molecule has 4 heterocycles. The first-order valence-electron chi connectivity index (χ1n) is 12.8. The largest absolute Gasteiger partial charge is 0.340 e. The molecule has 0 bridgehead atoms. The van der Waals surface area contributed by atoms with E-state index in [0.29, 0.717) is 34.2 Å². The molecule has 204 valence electrons. The number of aromatic nitrogens is 7. The lowest BCUT2D eigenvalue weighted by Gasteiger charge is -2.22. The van der Waals surface area contributed by atoms with Crippen molar-refractivity contribution >= 4 is 23.3 Å². The smallest absolute Gasteiger partial charge is 0.250 e. The molecule has 2 N–H and O–H groups in total. The first-order chi connectivity index (χ1) is 19.2. The van der Waals surface area contributed by atoms with Crippen molar-refractivity contribution < 1.29 is 8.78 Å². The zero-order chi connectivity index (χ0) is 28.1. The van der Waals surface area contributed by atoms with E-state index < -0.39 is 11.6 Å². The molecule has 0 atom stereocenters. The predicted molar refractivity (Wildman–Crippen MR) is 148 cm³/mol. The summed E-state index contributed by atoms with van der Waals surface area (Å²) in [7, 11) is 4.97. The molecule has 1 aliphatic carbocycles. The van der Waals surface area contributed by atoms with Gasteiger partial charge >= 0.3 is 0 Å². The molecular weight excluding hydrogens is 516 g/mol. The minimum atomic E-state index is -0.793. The van der Waals surface area contributed by atoms with Gasteiger partial charge in [-0.3, -0.25) is 9.89 Å². The number of imidazole rings is 1. The van der Waals surface area contributed by atoms with Gasteiger partial charge < -0.3 is 19.4 Å². The Balaban J connectivity index is 1.47. The van der Waals surface area contributed by atoms with Crippen LogP contribution in [0.2, 0.25) is 0 Å². The highest BCUT2D eigenvalue weighted by Gasteiger charge is 2.33. The Morgan fingerprint density at radius 2 is 1.80 bits per heavy atom. The minimum absolute atomic E-state index is 0.0902. The number of nitrogens with zero attached hydrogens (tertiary/aromatic N) is 7. The van der Waals surface area contributed by atoms with E-state index in [0.717, 1.165) is 24.1 Å². The number of hydrogen-bond acceptors (Lipinski definition) is 7. The number of rotatable bonds is 7. The number of pyridine rings is 1. The average molecular weight is 544 g/mol. The number of hydrogen-bond donors (Lipinski definition) is 2. The molecule has 0 spiro atoms. The van der Waals surface area contributed by atoms with Crippen LogP contribution in [0, 0.1) is 18.6 Å². The van der Waals surface area contributed by atoms with Gasteiger partial charge in [0.15, 0.2) is 17.5 Å². The SMILES string of the molecule is Cc1cc(Nc2nc(N(C)c3c(F)cc(-c4ccc(=O)n(C)c4)cc3F)nc(-c3cn(C)cn3)c2C2CC2)n[nH]1. The summed E-state index contributed by atoms with van der Waals surface area (Å²) in [6, 6.07) is 7.21. The molecule has 0 unspecified atom stereocenters. The maximum absolute atomic E-state index is 15.6. The standard InChI is InChI=1S/C28H27F2N9O/c1-15-9-22(36-35-15)32-27-24(16-5-6-16)25(21-13-37(2)14-31-21)33-28(34-27)39(4)26-19(29)10-18(11-20(26)30)17-7-8-23(40)38(3)12-17/h7-14,16H,5-6H2,1-4H3,(H2,32,33,34,35,36). The fraction of sp³-hybridized carbons (Fsp3) is 0.250. The lowest BCUT2D eigenvalue weighted by Crippen LogP contribution is -2.18. The third kappa shape index (κ3) is 4.72. The van der Waals surface area contributed by atoms with Gasteiger partial charge in [0, 0.05) is 56.9 Å². The Morgan fingerprint density at radius 1 is 1.05 bits per heavy atom. The van der Waals surface area contributed by atoms with Gasteiger partial charge in [-0.25, -0.2) is 18.7 Å². The Morgan fingerprint density at radius 3 is 2.40 bits per heavy atom. The number of anilines is 4. The number of aromatic amines is 1. The van der Waals surface area contributed by atoms with E-state index in [4.69, 9.17) is 9.97 Å². The van der Waals surface area contributed by atoms with Crippen LogP contribution in [0.25, 0.3) is 22.5 Å². The third-order valence-electron chi connectivity index (χ3n) is 6.89. The summed E-state index contributed by atoms with van der Waals surface area (Å²) in [6.45, 7) is 1.89. The first-order valence-corrected chi connectivity index (χ1v) is 12.8. The van der Waals surface area contributed by atoms with E-state index in [9.17, 15) is 4.79 Å². The van der Waals surface area contributed by atoms with Crippen LogP contribution in [0.3, 0.4) is 0 Å². The summed E-state index contributed by atoms with van der Waals surface area (Å²) in [4.78, 5) is 27.1. The fourth-order valence-electron chi connectivity index (χ4n) is 4.71. The van der Waals surface area contributed by atoms with E-state index in [1.807, 2.05) is 30.8 Å². The van der Waals surface area contributed by atoms with Gasteiger partial charge in [0.2, 0.25) is 11.5 Å². The van der Waals surface area contributed by atoms with Crippen molar-refractivity contribution in [3.8, 4) is 22.5 Å². The van der Waals surface area contributed by atoms with Crippen LogP contribution in [0.5, 0.6) is 0 Å². The summed E-state index contributed by atoms with van der Waals surface area (Å²) >= 11 is 0. The number of halogens is 2. The molecule has 1 saturated carbocycles. The van der Waals surface area contributed by atoms with Gasteiger partial charge in [-0.2, -0.15) is 10.1 Å². The van der Waals surface area contributed by atoms with E-state index in [-0.39, 0.29) is 23.1 Å². The number of aryl methyl sites for hydroxylation is 3. The second-order valence-electron chi connectivity index (χ2n) is 10.1. The van der Waals surface area contributed by atoms with Crippen molar-refractivity contribution in [2.24, 2.45) is 14.1 Å². The topological polar surface area (TPSA) is 110 Å². The molecule has 1 aromatic carbocycles. The minimum Gasteiger partial charge on any atom is -0.340 e. The highest BCUT2D eigenvalue weighted by atomic mass is 19.1. The quantitative estimate of drug-likeness (QED) is 0.299. The van der Waals surface area contributed by atoms with Gasteiger partial charge in [0.05, 0.1) is 6.33 Å². The second-order valence-corrected chi connectivity index (χ2v) is 10.1. The molecule has 4 aromatic heterocycles. The van der Waals surface area contributed by atoms with Crippen LogP contribution in [0.4, 0.5) is 32.1 Å². The summed E-state index contributed by atoms with van der Waals surface area (Å²) in [5.74, 6) is -0.191. The second kappa shape index (κ2) is 9.70. The molecule has 6 rings (SSSR count). The molecule has 1 aliphatic rings. The van der Waals surface area contributed by atoms with Crippen molar-refractivity contribution in [1.82, 2.24) is 34.3 Å². The van der Waals surface area contributed by atoms with Crippen molar-refractivity contribution in [1.29, 1.82) is 0 Å². The van der Waals surface area contributed by atoms with Crippen LogP contribution in [-0.4, -0.2) is 41.3 Å². The zero-order valence-corrected chi connectivity index (χ0v) is 22.4. The zero-order valence-electron chi connectivity index (χ0n) is 22.4. The van der Waals surface area contributed by atoms with Crippen molar-refractivity contribution in [3.63, 3.8) is 0 Å². The number of benzene rings is 1. The molecule has 5 aromatic rings. The molecular formula is C28H27F2N9O. The van der Waals surface area contributed by atoms with Crippen LogP contribution in [-0.2, 0) is 14.1 Å². The van der Waals surface area contributed by atoms with E-state index in [2.05, 4.69) is 20.5 Å². The van der Waals surface area contributed by atoms with Crippen LogP contribution >= 0.6 is 0 Å². The van der Waals surface area contributed by atoms with Gasteiger partial charge in [-0.1, -0.05) is 0 Å². The fourth-order valence-corrected chi connectivity index (χ4v) is 4.71. The number of nitrogens with one attached hydrogen (secondary N) is 2. The average Bonchev–Trinajstić information content (AvgIpc) is 3.53. The predicted octanol–water partition coefficient (Wildman–Crippen LogP) is 4.94. The Hall–Kier alpha value is -4.87. The molecule has 1 fully saturated rings. The van der Waals surface area contributed by atoms with Gasteiger partial charge in [-0.05, 0) is 55.0 Å². The number of H-pyrrole nitrogens is 1. The Bertz CT molecular complexity index is 1780. The van der Waals surface area contributed by atoms with Crippen molar-refractivity contribution in [3.05, 3.63) is 82.3 Å². The molecule has 40 heavy (non-hydrogen) atoms. The summed E-state index contributed by atoms with van der Waals surface area (Å²) in [5.41, 5.74) is 3.28. The molecule has 0 radical (unpaired) electrons. The highest BCUT2D eigenvalue weighted by molar-refractivity contribution is 5.74. The summed E-state index contributed by atoms with van der Waals surface area (Å²) in [6.07, 6.45) is 7.02. The maximum Gasteiger partial charge on any atom is 0.250 e. The van der Waals surface area contributed by atoms with E-state index >= 15 is 8.78 Å². The summed E-state index contributed by atoms with van der Waals surface area (Å²) in [5, 5.41) is 10.5. The molecule has 0 aliphatic heterocycles. The van der Waals surface area contributed by atoms with Gasteiger partial charge in [-0.15, -0.1) is 0 Å². The van der Waals surface area contributed by atoms with E-state index in [1.54, 1.807) is 13.4 Å². The monoisotopic (exact) mass is 543 g/mol. The lowest BCUT2D eigenvalue weighted by atomic mass is 10.1. The molecule has 0 saturated heterocycles. The highest BCUT2D eigenvalue weighted by Crippen LogP contribution is 2.48. The molecule has 10 nitrogen and oxygen atoms in total. The Labute approximate surface area is 228 Å². The van der Waals surface area contributed by atoms with Gasteiger partial charge in [0.1, 0.15) is 22.9 Å². The maximum atomic E-state index is 15.6. The van der Waals surface area contributed by atoms with Crippen LogP contribution in [0.15, 0.2) is 53.8 Å². The Kier molecular flexibility index (Phi) is 6.16. The molecule has 12 heteroatoms. The lowest BCUT2D eigenvalue weighted by molar-refractivity contribution is 0.583. The van der Waals surface area contributed by atoms with Crippen molar-refractivity contribution in [2.75, 3.05) is 17.3 Å². The third-order valence-corrected chi connectivity index (χ3v) is 6.89. The first kappa shape index (κ1) is 25.4.